The lowest BCUT2D eigenvalue weighted by Crippen LogP contribution is -2.15. The normalized spacial score (nSPS) is 10.9. The fraction of sp³-hybridized carbons (Fsp3) is 0.211. The molecule has 2 aromatic carbocycles. The lowest BCUT2D eigenvalue weighted by atomic mass is 9.92. The van der Waals surface area contributed by atoms with E-state index < -0.39 is 0 Å². The van der Waals surface area contributed by atoms with Crippen molar-refractivity contribution in [2.75, 3.05) is 0 Å². The van der Waals surface area contributed by atoms with E-state index in [1.165, 1.54) is 11.1 Å². The molecule has 0 radical (unpaired) electrons. The molecule has 0 N–H and O–H groups in total. The van der Waals surface area contributed by atoms with E-state index in [1.54, 1.807) is 0 Å². The van der Waals surface area contributed by atoms with E-state index in [-0.39, 0.29) is 0 Å². The molecule has 3 aromatic rings. The van der Waals surface area contributed by atoms with Gasteiger partial charge in [-0.2, -0.15) is 0 Å². The first-order valence-corrected chi connectivity index (χ1v) is 7.44. The first-order valence-electron chi connectivity index (χ1n) is 7.44. The van der Waals surface area contributed by atoms with Crippen molar-refractivity contribution in [2.45, 2.75) is 19.4 Å². The molecule has 106 valence electrons. The summed E-state index contributed by atoms with van der Waals surface area (Å²) in [6.45, 7) is 1.00. The van der Waals surface area contributed by atoms with Crippen LogP contribution in [0.15, 0.2) is 79.4 Å². The molecule has 3 rings (SSSR count). The predicted molar refractivity (Wildman–Crippen MR) is 86.0 cm³/mol. The Balaban J connectivity index is 1.74. The third-order valence-electron chi connectivity index (χ3n) is 3.76. The van der Waals surface area contributed by atoms with Crippen molar-refractivity contribution < 1.29 is 0 Å². The van der Waals surface area contributed by atoms with E-state index in [2.05, 4.69) is 70.2 Å². The Morgan fingerprint density at radius 3 is 1.86 bits per heavy atom. The molecule has 0 spiro atoms. The maximum atomic E-state index is 4.15. The Bertz CT molecular complexity index is 588. The van der Waals surface area contributed by atoms with Gasteiger partial charge in [0.15, 0.2) is 0 Å². The van der Waals surface area contributed by atoms with Crippen LogP contribution in [-0.2, 0) is 19.4 Å². The molecule has 21 heavy (non-hydrogen) atoms. The van der Waals surface area contributed by atoms with Crippen LogP contribution in [0.1, 0.15) is 11.1 Å². The Labute approximate surface area is 126 Å². The van der Waals surface area contributed by atoms with Gasteiger partial charge in [0, 0.05) is 18.9 Å². The summed E-state index contributed by atoms with van der Waals surface area (Å²) in [5.41, 5.74) is 2.80. The summed E-state index contributed by atoms with van der Waals surface area (Å²) in [5.74, 6) is 0.573. The second-order valence-corrected chi connectivity index (χ2v) is 5.50. The average Bonchev–Trinajstić information content (AvgIpc) is 3.02. The van der Waals surface area contributed by atoms with Crippen molar-refractivity contribution in [3.63, 3.8) is 0 Å². The third-order valence-corrected chi connectivity index (χ3v) is 3.76. The standard InChI is InChI=1S/C19H20N2/c1-3-7-17(8-4-1)13-19(15-21-12-11-20-16-21)14-18-9-5-2-6-10-18/h1-12,16,19H,13-15H2. The Morgan fingerprint density at radius 2 is 1.38 bits per heavy atom. The minimum Gasteiger partial charge on any atom is -0.337 e. The fourth-order valence-electron chi connectivity index (χ4n) is 2.79. The predicted octanol–water partition coefficient (Wildman–Crippen LogP) is 3.98. The molecule has 0 saturated heterocycles. The number of hydrogen-bond acceptors (Lipinski definition) is 1. The van der Waals surface area contributed by atoms with Gasteiger partial charge in [0.05, 0.1) is 6.33 Å². The Morgan fingerprint density at radius 1 is 0.810 bits per heavy atom. The lowest BCUT2D eigenvalue weighted by molar-refractivity contribution is 0.438. The summed E-state index contributed by atoms with van der Waals surface area (Å²) < 4.78 is 2.18. The quantitative estimate of drug-likeness (QED) is 0.666. The maximum absolute atomic E-state index is 4.15. The molecule has 0 unspecified atom stereocenters. The highest BCUT2D eigenvalue weighted by atomic mass is 15.0. The first kappa shape index (κ1) is 13.6. The zero-order valence-corrected chi connectivity index (χ0v) is 12.1. The molecule has 0 amide bonds. The van der Waals surface area contributed by atoms with Crippen LogP contribution in [0, 0.1) is 5.92 Å². The molecule has 0 aliphatic carbocycles. The minimum atomic E-state index is 0.573. The highest BCUT2D eigenvalue weighted by molar-refractivity contribution is 5.18. The lowest BCUT2D eigenvalue weighted by Gasteiger charge is -2.18. The van der Waals surface area contributed by atoms with Gasteiger partial charge in [-0.05, 0) is 29.9 Å². The SMILES string of the molecule is c1ccc(CC(Cc2ccccc2)Cn2ccnc2)cc1. The topological polar surface area (TPSA) is 17.8 Å². The summed E-state index contributed by atoms with van der Waals surface area (Å²) in [4.78, 5) is 4.15. The van der Waals surface area contributed by atoms with Gasteiger partial charge in [-0.1, -0.05) is 60.7 Å². The van der Waals surface area contributed by atoms with Crippen LogP contribution in [0.4, 0.5) is 0 Å². The van der Waals surface area contributed by atoms with Crippen molar-refractivity contribution >= 4 is 0 Å². The second-order valence-electron chi connectivity index (χ2n) is 5.50. The molecule has 0 aliphatic rings. The van der Waals surface area contributed by atoms with Crippen LogP contribution in [0.5, 0.6) is 0 Å². The van der Waals surface area contributed by atoms with Crippen molar-refractivity contribution in [3.8, 4) is 0 Å². The largest absolute Gasteiger partial charge is 0.337 e. The van der Waals surface area contributed by atoms with Crippen LogP contribution in [0.3, 0.4) is 0 Å². The Kier molecular flexibility index (Phi) is 4.47. The molecule has 1 aromatic heterocycles. The van der Waals surface area contributed by atoms with Gasteiger partial charge in [0.25, 0.3) is 0 Å². The summed E-state index contributed by atoms with van der Waals surface area (Å²) in [6.07, 6.45) is 7.98. The third kappa shape index (κ3) is 4.06. The highest BCUT2D eigenvalue weighted by Crippen LogP contribution is 2.17. The number of hydrogen-bond donors (Lipinski definition) is 0. The molecule has 2 nitrogen and oxygen atoms in total. The smallest absolute Gasteiger partial charge is 0.0946 e. The van der Waals surface area contributed by atoms with E-state index in [0.717, 1.165) is 19.4 Å². The average molecular weight is 276 g/mol. The molecule has 0 saturated carbocycles. The number of nitrogens with zero attached hydrogens (tertiary/aromatic N) is 2. The number of rotatable bonds is 6. The van der Waals surface area contributed by atoms with Gasteiger partial charge in [-0.3, -0.25) is 0 Å². The summed E-state index contributed by atoms with van der Waals surface area (Å²) >= 11 is 0. The van der Waals surface area contributed by atoms with Crippen molar-refractivity contribution in [1.29, 1.82) is 0 Å². The molecule has 0 atom stereocenters. The maximum Gasteiger partial charge on any atom is 0.0946 e. The van der Waals surface area contributed by atoms with Gasteiger partial charge in [-0.25, -0.2) is 4.98 Å². The van der Waals surface area contributed by atoms with E-state index in [4.69, 9.17) is 0 Å². The van der Waals surface area contributed by atoms with Gasteiger partial charge in [-0.15, -0.1) is 0 Å². The van der Waals surface area contributed by atoms with Gasteiger partial charge >= 0.3 is 0 Å². The fourth-order valence-corrected chi connectivity index (χ4v) is 2.79. The van der Waals surface area contributed by atoms with Crippen LogP contribution in [0.25, 0.3) is 0 Å². The zero-order valence-electron chi connectivity index (χ0n) is 12.1. The number of benzene rings is 2. The van der Waals surface area contributed by atoms with Gasteiger partial charge in [0.1, 0.15) is 0 Å². The molecule has 1 heterocycles. The Hall–Kier alpha value is -2.35. The molecular formula is C19H20N2. The van der Waals surface area contributed by atoms with Crippen LogP contribution in [-0.4, -0.2) is 9.55 Å². The zero-order chi connectivity index (χ0) is 14.3. The van der Waals surface area contributed by atoms with E-state index in [0.29, 0.717) is 5.92 Å². The summed E-state index contributed by atoms with van der Waals surface area (Å²) in [6, 6.07) is 21.5. The number of imidazole rings is 1. The van der Waals surface area contributed by atoms with E-state index >= 15 is 0 Å². The minimum absolute atomic E-state index is 0.573. The first-order chi connectivity index (χ1) is 10.4. The van der Waals surface area contributed by atoms with Crippen LogP contribution in [0.2, 0.25) is 0 Å². The molecule has 0 aliphatic heterocycles. The van der Waals surface area contributed by atoms with Crippen molar-refractivity contribution in [2.24, 2.45) is 5.92 Å². The number of aromatic nitrogens is 2. The summed E-state index contributed by atoms with van der Waals surface area (Å²) in [7, 11) is 0. The highest BCUT2D eigenvalue weighted by Gasteiger charge is 2.11. The van der Waals surface area contributed by atoms with Gasteiger partial charge < -0.3 is 4.57 Å². The second kappa shape index (κ2) is 6.89. The van der Waals surface area contributed by atoms with Crippen LogP contribution < -0.4 is 0 Å². The monoisotopic (exact) mass is 276 g/mol. The molecule has 0 fully saturated rings. The molecule has 2 heteroatoms. The summed E-state index contributed by atoms with van der Waals surface area (Å²) in [5, 5.41) is 0. The van der Waals surface area contributed by atoms with Crippen molar-refractivity contribution in [3.05, 3.63) is 90.5 Å². The van der Waals surface area contributed by atoms with Crippen LogP contribution >= 0.6 is 0 Å². The van der Waals surface area contributed by atoms with E-state index in [1.807, 2.05) is 18.7 Å². The molecule has 0 bridgehead atoms. The van der Waals surface area contributed by atoms with Gasteiger partial charge in [0.2, 0.25) is 0 Å². The van der Waals surface area contributed by atoms with Crippen molar-refractivity contribution in [1.82, 2.24) is 9.55 Å². The van der Waals surface area contributed by atoms with E-state index in [9.17, 15) is 0 Å². The molecular weight excluding hydrogens is 256 g/mol.